The molecule has 0 unspecified atom stereocenters. The van der Waals surface area contributed by atoms with E-state index in [9.17, 15) is 124 Å². The van der Waals surface area contributed by atoms with Gasteiger partial charge in [-0.1, -0.05) is 119 Å². The maximum Gasteiger partial charge on any atom is 0.326 e. The highest BCUT2D eigenvalue weighted by molar-refractivity contribution is 9.10. The molecular weight excluding hydrogens is 1660 g/mol. The molecule has 658 valence electrons. The Balaban J connectivity index is 1.46. The van der Waals surface area contributed by atoms with E-state index in [2.05, 4.69) is 69.1 Å². The van der Waals surface area contributed by atoms with Crippen LogP contribution in [0.25, 0.3) is 6.08 Å². The van der Waals surface area contributed by atoms with Crippen molar-refractivity contribution in [1.82, 2.24) is 68.4 Å². The van der Waals surface area contributed by atoms with Gasteiger partial charge in [-0.05, 0) is 42.7 Å². The summed E-state index contributed by atoms with van der Waals surface area (Å²) in [6.45, 7) is -2.13. The number of nitrogens with two attached hydrogens (primary N) is 2. The number of carboxylic acids is 1. The normalized spacial score (nSPS) is 28.8. The van der Waals surface area contributed by atoms with Crippen molar-refractivity contribution in [2.75, 3.05) is 26.4 Å². The van der Waals surface area contributed by atoms with Crippen LogP contribution in [-0.2, 0) is 96.0 Å². The van der Waals surface area contributed by atoms with Gasteiger partial charge < -0.3 is 141 Å². The Morgan fingerprint density at radius 3 is 1.76 bits per heavy atom. The number of β-amino-alcohol motifs (C(OH)–C–C–N with tert-alkyl or cyclic N) is 1. The lowest BCUT2D eigenvalue weighted by Crippen LogP contribution is -2.64. The van der Waals surface area contributed by atoms with Gasteiger partial charge in [-0.3, -0.25) is 67.1 Å². The number of amides is 14. The number of carboxylic acid groups (broad SMARTS) is 1. The highest BCUT2D eigenvalue weighted by Gasteiger charge is 2.49. The smallest absolute Gasteiger partial charge is 0.326 e. The highest BCUT2D eigenvalue weighted by Crippen LogP contribution is 2.27. The molecule has 0 spiro atoms. The van der Waals surface area contributed by atoms with Crippen LogP contribution >= 0.6 is 15.9 Å². The van der Waals surface area contributed by atoms with Crippen LogP contribution in [0.3, 0.4) is 0 Å². The van der Waals surface area contributed by atoms with Gasteiger partial charge in [-0.2, -0.15) is 0 Å². The van der Waals surface area contributed by atoms with Crippen LogP contribution in [0.1, 0.15) is 81.0 Å². The molecule has 14 amide bonds. The number of hydrogen-bond donors (Lipinski definition) is 26. The Hall–Kier alpha value is -11.6. The molecule has 0 aliphatic carbocycles. The van der Waals surface area contributed by atoms with Crippen molar-refractivity contribution >= 4 is 111 Å². The molecule has 1 saturated heterocycles. The molecule has 28 N–H and O–H groups in total. The maximum atomic E-state index is 15.4. The van der Waals surface area contributed by atoms with E-state index in [1.807, 2.05) is 10.6 Å². The van der Waals surface area contributed by atoms with Gasteiger partial charge in [0, 0.05) is 36.1 Å². The molecule has 44 nitrogen and oxygen atoms in total. The van der Waals surface area contributed by atoms with Gasteiger partial charge in [-0.15, -0.1) is 0 Å². The summed E-state index contributed by atoms with van der Waals surface area (Å²) < 4.78 is 8.15. The lowest BCUT2D eigenvalue weighted by molar-refractivity contribution is -0.783. The van der Waals surface area contributed by atoms with Crippen molar-refractivity contribution in [3.05, 3.63) is 142 Å². The minimum atomic E-state index is -2.78. The van der Waals surface area contributed by atoms with Gasteiger partial charge >= 0.3 is 5.97 Å². The molecule has 22 atom stereocenters. The number of nitrogens with zero attached hydrogens (tertiary/aromatic N) is 2. The van der Waals surface area contributed by atoms with E-state index < -0.39 is 299 Å². The zero-order valence-electron chi connectivity index (χ0n) is 65.3. The van der Waals surface area contributed by atoms with Gasteiger partial charge in [0.15, 0.2) is 6.10 Å². The molecule has 3 aliphatic heterocycles. The average molecular weight is 1770 g/mol. The van der Waals surface area contributed by atoms with E-state index in [-0.39, 0.29) is 5.56 Å². The molecule has 45 heteroatoms. The largest absolute Gasteiger partial charge is 0.480 e. The molecule has 121 heavy (non-hydrogen) atoms. The van der Waals surface area contributed by atoms with Gasteiger partial charge in [0.05, 0.1) is 63.6 Å². The summed E-state index contributed by atoms with van der Waals surface area (Å²) in [6, 6.07) is -1.43. The molecule has 1 aromatic heterocycles. The van der Waals surface area contributed by atoms with Crippen molar-refractivity contribution in [3.63, 3.8) is 0 Å². The number of aliphatic hydroxyl groups is 11. The number of aromatic nitrogens is 2. The molecule has 3 aromatic carbocycles. The molecule has 7 rings (SSSR count). The number of benzene rings is 3. The van der Waals surface area contributed by atoms with Gasteiger partial charge in [0.1, 0.15) is 109 Å². The van der Waals surface area contributed by atoms with Crippen molar-refractivity contribution in [3.8, 4) is 0 Å². The number of rotatable bonds is 18. The second-order valence-corrected chi connectivity index (χ2v) is 30.0. The van der Waals surface area contributed by atoms with Crippen LogP contribution < -0.4 is 79.8 Å². The SMILES string of the molecule is CC(/C=C/c1ccccc1)=C\[C@H](O)[C@@H]1CC(=O)N[C@@H](CO)C(=O)N[C@@H]2Cn3cc([n+]([C@@H]4O[C@H](CO)[C@H](O)[C@H](O)[C@H]4O)c3)C[C@H](NC(=O)C[C@H](O)C[C@@H](C(=O)O)NC(=O)[C@@H](O)CNC(=O)[C@H]([C@@H](C)c3ccc(Br)cc3)NC(=O)[C@H]([C@@H](O)C(N)=O)NC(=O)[C@H](CC(N)=O)NC2=O)C(=O)N[C@@H]([C@H](C)O)C(=O)N[C@@H](CO)C(=O)N[C@@H](Cc2ccccc2)C(=O)N1. The number of carbonyl (C=O) groups is 15. The summed E-state index contributed by atoms with van der Waals surface area (Å²) in [5, 5.41) is 160. The minimum Gasteiger partial charge on any atom is -0.480 e. The van der Waals surface area contributed by atoms with Crippen molar-refractivity contribution in [1.29, 1.82) is 0 Å². The molecule has 3 aliphatic rings. The fraction of sp³-hybridized carbons (Fsp3) is 0.474. The first kappa shape index (κ1) is 96.5. The minimum absolute atomic E-state index is 0.261. The third-order valence-electron chi connectivity index (χ3n) is 19.7. The number of halogens is 1. The molecule has 0 radical (unpaired) electrons. The Morgan fingerprint density at radius 1 is 0.587 bits per heavy atom. The first-order valence-electron chi connectivity index (χ1n) is 37.8. The van der Waals surface area contributed by atoms with E-state index in [1.54, 1.807) is 60.7 Å². The van der Waals surface area contributed by atoms with Crippen LogP contribution in [0.2, 0.25) is 0 Å². The molecule has 4 bridgehead atoms. The topological polar surface area (TPSA) is 713 Å². The first-order valence-corrected chi connectivity index (χ1v) is 38.6. The standard InChI is InChI=1S/C76H99BrN16O28/c1-34(14-15-37-10-6-4-7-11-37)20-51(99)43-26-56(103)82-49(30-94)69(113)87-48-29-92-28-41(93(33-92)75-63(107)62(106)60(104)53(32-96)121-75)22-45(66(110)90-58(36(3)97)73(117)88-50(31-95)70(114)84-44(65(109)83-43)21-38-12-8-5-9-13-38)81-55(102)24-42(98)23-47(76(119)120)86-71(115)52(100)27-80-72(116)57(35(2)39-16-18-40(77)19-17-39)89-74(118)59(61(105)64(79)108)91-67(111)46(25-54(78)101)85-68(48)112/h4-20,28,33,35-36,42-53,57-63,75,94-100,104-107H,21-27,29-32H2,1-3H3,(H16-,78,79,80,81,82,83,84,85,86,87,88,89,90,91,101,102,103,108,109,110,111,112,113,114,115,116,117,118,119,120)/p+1/b15-14+,34-20+/t35-,36-,42+,43-,44-,45-,46-,47-,48+,49-,50-,51-,52-,53+,57-,58-,59-,60-,61+,62-,63+,75+/m0/s1. The molecular formula is C76H100BrN16O28+. The lowest BCUT2D eigenvalue weighted by Gasteiger charge is -2.38. The monoisotopic (exact) mass is 1760 g/mol. The van der Waals surface area contributed by atoms with Crippen LogP contribution in [0.4, 0.5) is 0 Å². The number of ether oxygens (including phenoxy) is 1. The fourth-order valence-electron chi connectivity index (χ4n) is 13.0. The number of imidazole rings is 1. The number of primary amides is 2. The highest BCUT2D eigenvalue weighted by atomic mass is 79.9. The van der Waals surface area contributed by atoms with E-state index in [1.165, 1.54) is 56.3 Å². The van der Waals surface area contributed by atoms with Crippen LogP contribution in [0.15, 0.2) is 120 Å². The fourth-order valence-corrected chi connectivity index (χ4v) is 13.3. The summed E-state index contributed by atoms with van der Waals surface area (Å²) in [5.41, 5.74) is 12.3. The summed E-state index contributed by atoms with van der Waals surface area (Å²) >= 11 is 3.28. The van der Waals surface area contributed by atoms with E-state index in [0.29, 0.717) is 21.2 Å². The van der Waals surface area contributed by atoms with Crippen molar-refractivity contribution < 1.29 is 143 Å². The number of nitrogens with one attached hydrogen (secondary N) is 12. The summed E-state index contributed by atoms with van der Waals surface area (Å²) in [5.74, 6) is -23.7. The Bertz CT molecular complexity index is 4430. The van der Waals surface area contributed by atoms with E-state index >= 15 is 9.59 Å². The number of allylic oxidation sites excluding steroid dienone is 2. The first-order chi connectivity index (χ1) is 57.2. The number of aliphatic carboxylic acids is 1. The molecule has 0 saturated carbocycles. The quantitative estimate of drug-likeness (QED) is 0.0325. The third-order valence-corrected chi connectivity index (χ3v) is 20.2. The molecule has 4 heterocycles. The Labute approximate surface area is 697 Å². The zero-order valence-corrected chi connectivity index (χ0v) is 66.9. The summed E-state index contributed by atoms with van der Waals surface area (Å²) in [7, 11) is 0. The van der Waals surface area contributed by atoms with Crippen molar-refractivity contribution in [2.45, 2.75) is 199 Å². The summed E-state index contributed by atoms with van der Waals surface area (Å²) in [6.07, 6.45) is -21.6. The third kappa shape index (κ3) is 27.7. The van der Waals surface area contributed by atoms with Crippen LogP contribution in [0, 0.1) is 0 Å². The van der Waals surface area contributed by atoms with Gasteiger partial charge in [0.25, 0.3) is 5.91 Å². The predicted molar refractivity (Wildman–Crippen MR) is 418 cm³/mol. The van der Waals surface area contributed by atoms with Crippen LogP contribution in [-0.4, -0.2) is 302 Å². The zero-order chi connectivity index (χ0) is 89.4. The lowest BCUT2D eigenvalue weighted by atomic mass is 9.92. The van der Waals surface area contributed by atoms with Gasteiger partial charge in [0.2, 0.25) is 89.3 Å². The molecule has 4 aromatic rings. The Morgan fingerprint density at radius 2 is 1.15 bits per heavy atom. The average Bonchev–Trinajstić information content (AvgIpc) is 1.72. The number of fused-ring (bicyclic) bond motifs is 2. The van der Waals surface area contributed by atoms with E-state index in [0.717, 1.165) is 28.6 Å². The Kier molecular flexibility index (Phi) is 36.0. The van der Waals surface area contributed by atoms with E-state index in [4.69, 9.17) is 16.2 Å². The molecule has 1 fully saturated rings. The summed E-state index contributed by atoms with van der Waals surface area (Å²) in [4.78, 5) is 215. The van der Waals surface area contributed by atoms with Crippen molar-refractivity contribution in [2.24, 2.45) is 11.5 Å². The maximum absolute atomic E-state index is 15.4. The number of hydrogen-bond acceptors (Lipinski definition) is 27. The second kappa shape index (κ2) is 45.2. The second-order valence-electron chi connectivity index (χ2n) is 29.1. The van der Waals surface area contributed by atoms with Gasteiger partial charge in [-0.25, -0.2) is 13.9 Å². The number of carbonyl (C=O) groups excluding carboxylic acids is 14. The number of aliphatic hydroxyl groups excluding tert-OH is 11. The van der Waals surface area contributed by atoms with Crippen LogP contribution in [0.5, 0.6) is 0 Å². The predicted octanol–water partition coefficient (Wildman–Crippen LogP) is -11.3.